The van der Waals surface area contributed by atoms with Crippen LogP contribution in [0.4, 0.5) is 5.69 Å². The van der Waals surface area contributed by atoms with E-state index in [1.807, 2.05) is 18.2 Å². The predicted octanol–water partition coefficient (Wildman–Crippen LogP) is 4.38. The zero-order chi connectivity index (χ0) is 25.7. The minimum Gasteiger partial charge on any atom is -0.462 e. The first-order valence-corrected chi connectivity index (χ1v) is 11.7. The van der Waals surface area contributed by atoms with Gasteiger partial charge in [-0.1, -0.05) is 48.5 Å². The molecule has 8 heteroatoms. The first-order valence-electron chi connectivity index (χ1n) is 11.7. The molecule has 0 radical (unpaired) electrons. The number of fused-ring (bicyclic) bond motifs is 1. The largest absolute Gasteiger partial charge is 0.462 e. The number of carbonyl (C=O) groups is 4. The number of anilines is 1. The summed E-state index contributed by atoms with van der Waals surface area (Å²) in [6.07, 6.45) is 0. The van der Waals surface area contributed by atoms with E-state index < -0.39 is 23.9 Å². The lowest BCUT2D eigenvalue weighted by molar-refractivity contribution is -0.120. The van der Waals surface area contributed by atoms with E-state index in [4.69, 9.17) is 9.47 Å². The second-order valence-corrected chi connectivity index (χ2v) is 8.13. The van der Waals surface area contributed by atoms with Crippen LogP contribution >= 0.6 is 0 Å². The molecule has 0 saturated carbocycles. The van der Waals surface area contributed by atoms with Gasteiger partial charge in [-0.25, -0.2) is 9.59 Å². The molecule has 2 amide bonds. The summed E-state index contributed by atoms with van der Waals surface area (Å²) >= 11 is 0. The summed E-state index contributed by atoms with van der Waals surface area (Å²) in [5.41, 5.74) is 2.42. The maximum Gasteiger partial charge on any atom is 0.338 e. The Balaban J connectivity index is 1.69. The molecule has 3 aromatic carbocycles. The molecule has 1 aliphatic rings. The van der Waals surface area contributed by atoms with Crippen molar-refractivity contribution in [2.45, 2.75) is 26.4 Å². The van der Waals surface area contributed by atoms with Crippen molar-refractivity contribution in [1.29, 1.82) is 0 Å². The van der Waals surface area contributed by atoms with Crippen molar-refractivity contribution in [2.24, 2.45) is 0 Å². The van der Waals surface area contributed by atoms with Crippen molar-refractivity contribution in [3.63, 3.8) is 0 Å². The molecule has 0 aliphatic carbocycles. The maximum atomic E-state index is 13.7. The molecule has 0 fully saturated rings. The molecule has 0 bridgehead atoms. The van der Waals surface area contributed by atoms with E-state index in [0.717, 1.165) is 5.56 Å². The topological polar surface area (TPSA) is 102 Å². The van der Waals surface area contributed by atoms with E-state index in [0.29, 0.717) is 11.1 Å². The molecule has 0 aromatic heterocycles. The Kier molecular flexibility index (Phi) is 7.44. The molecule has 1 heterocycles. The highest BCUT2D eigenvalue weighted by molar-refractivity contribution is 6.05. The number of rotatable bonds is 8. The summed E-state index contributed by atoms with van der Waals surface area (Å²) in [7, 11) is 0. The van der Waals surface area contributed by atoms with Crippen LogP contribution < -0.4 is 5.32 Å². The number of amides is 2. The molecule has 4 rings (SSSR count). The van der Waals surface area contributed by atoms with Crippen LogP contribution in [-0.4, -0.2) is 41.9 Å². The Morgan fingerprint density at radius 1 is 0.861 bits per heavy atom. The lowest BCUT2D eigenvalue weighted by atomic mass is 10.0. The van der Waals surface area contributed by atoms with Crippen molar-refractivity contribution in [1.82, 2.24) is 4.90 Å². The second-order valence-electron chi connectivity index (χ2n) is 8.13. The van der Waals surface area contributed by atoms with Gasteiger partial charge in [0.05, 0.1) is 24.3 Å². The Bertz CT molecular complexity index is 1270. The quantitative estimate of drug-likeness (QED) is 0.474. The molecule has 3 aromatic rings. The van der Waals surface area contributed by atoms with Gasteiger partial charge < -0.3 is 19.7 Å². The fourth-order valence-corrected chi connectivity index (χ4v) is 4.17. The summed E-state index contributed by atoms with van der Waals surface area (Å²) in [6, 6.07) is 19.5. The van der Waals surface area contributed by atoms with E-state index in [-0.39, 0.29) is 42.5 Å². The summed E-state index contributed by atoms with van der Waals surface area (Å²) in [4.78, 5) is 53.2. The average Bonchev–Trinajstić information content (AvgIpc) is 3.21. The zero-order valence-corrected chi connectivity index (χ0v) is 20.0. The number of hydrogen-bond donors (Lipinski definition) is 1. The summed E-state index contributed by atoms with van der Waals surface area (Å²) in [5, 5.41) is 2.79. The van der Waals surface area contributed by atoms with Gasteiger partial charge in [-0.2, -0.15) is 0 Å². The van der Waals surface area contributed by atoms with Gasteiger partial charge in [0.15, 0.2) is 0 Å². The lowest BCUT2D eigenvalue weighted by Crippen LogP contribution is -2.37. The monoisotopic (exact) mass is 486 g/mol. The van der Waals surface area contributed by atoms with Crippen molar-refractivity contribution >= 4 is 29.4 Å². The van der Waals surface area contributed by atoms with Gasteiger partial charge in [0.1, 0.15) is 6.04 Å². The highest BCUT2D eigenvalue weighted by Crippen LogP contribution is 2.32. The first-order chi connectivity index (χ1) is 17.4. The fourth-order valence-electron chi connectivity index (χ4n) is 4.17. The highest BCUT2D eigenvalue weighted by atomic mass is 16.5. The molecular formula is C28H26N2O6. The third-order valence-corrected chi connectivity index (χ3v) is 5.75. The number of nitrogens with one attached hydrogen (secondary N) is 1. The molecule has 0 unspecified atom stereocenters. The molecule has 36 heavy (non-hydrogen) atoms. The summed E-state index contributed by atoms with van der Waals surface area (Å²) < 4.78 is 10.1. The van der Waals surface area contributed by atoms with Gasteiger partial charge in [-0.05, 0) is 49.2 Å². The van der Waals surface area contributed by atoms with E-state index in [1.54, 1.807) is 50.2 Å². The number of nitrogens with zero attached hydrogens (tertiary/aromatic N) is 1. The second kappa shape index (κ2) is 10.9. The van der Waals surface area contributed by atoms with Crippen LogP contribution in [0.25, 0.3) is 0 Å². The molecule has 0 spiro atoms. The molecule has 0 saturated heterocycles. The third kappa shape index (κ3) is 5.12. The van der Waals surface area contributed by atoms with E-state index >= 15 is 0 Å². The lowest BCUT2D eigenvalue weighted by Gasteiger charge is -2.27. The molecule has 1 aliphatic heterocycles. The maximum absolute atomic E-state index is 13.7. The van der Waals surface area contributed by atoms with Crippen LogP contribution in [0.15, 0.2) is 72.8 Å². The van der Waals surface area contributed by atoms with Crippen molar-refractivity contribution < 1.29 is 28.7 Å². The Hall–Kier alpha value is -4.46. The highest BCUT2D eigenvalue weighted by Gasteiger charge is 2.37. The molecule has 184 valence electrons. The van der Waals surface area contributed by atoms with E-state index in [1.165, 1.54) is 23.1 Å². The van der Waals surface area contributed by atoms with Gasteiger partial charge >= 0.3 is 11.9 Å². The number of carbonyl (C=O) groups excluding carboxylic acids is 4. The van der Waals surface area contributed by atoms with Crippen LogP contribution in [0.5, 0.6) is 0 Å². The number of hydrogen-bond acceptors (Lipinski definition) is 6. The molecule has 8 nitrogen and oxygen atoms in total. The van der Waals surface area contributed by atoms with Crippen molar-refractivity contribution in [3.8, 4) is 0 Å². The van der Waals surface area contributed by atoms with Crippen LogP contribution in [0.1, 0.15) is 62.1 Å². The Labute approximate surface area is 208 Å². The van der Waals surface area contributed by atoms with Crippen molar-refractivity contribution in [3.05, 3.63) is 101 Å². The summed E-state index contributed by atoms with van der Waals surface area (Å²) in [6.45, 7) is 3.92. The smallest absolute Gasteiger partial charge is 0.338 e. The Morgan fingerprint density at radius 3 is 2.03 bits per heavy atom. The number of ether oxygens (including phenoxy) is 2. The third-order valence-electron chi connectivity index (χ3n) is 5.75. The number of benzene rings is 3. The zero-order valence-electron chi connectivity index (χ0n) is 20.0. The van der Waals surface area contributed by atoms with Gasteiger partial charge in [0, 0.05) is 17.8 Å². The van der Waals surface area contributed by atoms with Gasteiger partial charge in [-0.15, -0.1) is 0 Å². The van der Waals surface area contributed by atoms with Gasteiger partial charge in [0.2, 0.25) is 0 Å². The normalized spacial score (nSPS) is 13.1. The average molecular weight is 487 g/mol. The minimum absolute atomic E-state index is 0.0959. The van der Waals surface area contributed by atoms with Gasteiger partial charge in [-0.3, -0.25) is 9.59 Å². The predicted molar refractivity (Wildman–Crippen MR) is 132 cm³/mol. The molecule has 1 atom stereocenters. The van der Waals surface area contributed by atoms with Crippen LogP contribution in [0.2, 0.25) is 0 Å². The standard InChI is InChI=1S/C28H26N2O6/c1-3-35-27(33)20-14-21(28(34)36-4-2)16-22(15-20)29-25(31)24(18-10-6-5-7-11-18)30-17-19-12-8-9-13-23(19)26(30)32/h5-16,24H,3-4,17H2,1-2H3,(H,29,31)/t24-/m1/s1. The molecular weight excluding hydrogens is 460 g/mol. The molecule has 1 N–H and O–H groups in total. The van der Waals surface area contributed by atoms with E-state index in [2.05, 4.69) is 5.32 Å². The number of esters is 2. The van der Waals surface area contributed by atoms with E-state index in [9.17, 15) is 19.2 Å². The summed E-state index contributed by atoms with van der Waals surface area (Å²) in [5.74, 6) is -2.01. The van der Waals surface area contributed by atoms with Crippen LogP contribution in [0.3, 0.4) is 0 Å². The van der Waals surface area contributed by atoms with Gasteiger partial charge in [0.25, 0.3) is 11.8 Å². The minimum atomic E-state index is -0.941. The van der Waals surface area contributed by atoms with Crippen molar-refractivity contribution in [2.75, 3.05) is 18.5 Å². The Morgan fingerprint density at radius 2 is 1.44 bits per heavy atom. The fraction of sp³-hybridized carbons (Fsp3) is 0.214. The van der Waals surface area contributed by atoms with Crippen LogP contribution in [0, 0.1) is 0 Å². The van der Waals surface area contributed by atoms with Crippen LogP contribution in [-0.2, 0) is 20.8 Å². The SMILES string of the molecule is CCOC(=O)c1cc(NC(=O)[C@@H](c2ccccc2)N2Cc3ccccc3C2=O)cc(C(=O)OCC)c1. The first kappa shape index (κ1) is 24.7.